The molecule has 1 saturated heterocycles. The first-order chi connectivity index (χ1) is 11.9. The van der Waals surface area contributed by atoms with E-state index in [-0.39, 0.29) is 24.5 Å². The van der Waals surface area contributed by atoms with E-state index >= 15 is 0 Å². The van der Waals surface area contributed by atoms with Crippen LogP contribution in [0.4, 0.5) is 4.79 Å². The number of aliphatic hydroxyl groups is 1. The molecular formula is C19H29N3O3. The van der Waals surface area contributed by atoms with Crippen LogP contribution in [0.15, 0.2) is 24.3 Å². The fourth-order valence-corrected chi connectivity index (χ4v) is 3.20. The largest absolute Gasteiger partial charge is 0.395 e. The van der Waals surface area contributed by atoms with Gasteiger partial charge in [-0.1, -0.05) is 29.8 Å². The van der Waals surface area contributed by atoms with E-state index in [0.717, 1.165) is 18.4 Å². The van der Waals surface area contributed by atoms with Crippen LogP contribution in [0.25, 0.3) is 0 Å². The van der Waals surface area contributed by atoms with Gasteiger partial charge in [0.05, 0.1) is 12.5 Å². The number of benzene rings is 1. The van der Waals surface area contributed by atoms with Crippen LogP contribution in [-0.4, -0.2) is 72.1 Å². The van der Waals surface area contributed by atoms with E-state index in [9.17, 15) is 14.7 Å². The molecule has 1 heterocycles. The summed E-state index contributed by atoms with van der Waals surface area (Å²) in [5.41, 5.74) is 2.22. The minimum absolute atomic E-state index is 0.0193. The lowest BCUT2D eigenvalue weighted by Crippen LogP contribution is -2.49. The molecule has 0 aromatic heterocycles. The molecule has 1 aliphatic rings. The van der Waals surface area contributed by atoms with Crippen LogP contribution in [0, 0.1) is 12.8 Å². The van der Waals surface area contributed by atoms with Crippen LogP contribution >= 0.6 is 0 Å². The Labute approximate surface area is 150 Å². The summed E-state index contributed by atoms with van der Waals surface area (Å²) in [5.74, 6) is -0.180. The van der Waals surface area contributed by atoms with Crippen molar-refractivity contribution in [2.75, 3.05) is 40.3 Å². The maximum absolute atomic E-state index is 13.0. The average Bonchev–Trinajstić information content (AvgIpc) is 2.62. The Kier molecular flexibility index (Phi) is 6.82. The summed E-state index contributed by atoms with van der Waals surface area (Å²) < 4.78 is 0. The third-order valence-electron chi connectivity index (χ3n) is 4.60. The van der Waals surface area contributed by atoms with Crippen molar-refractivity contribution in [1.29, 1.82) is 0 Å². The number of aryl methyl sites for hydroxylation is 1. The van der Waals surface area contributed by atoms with Gasteiger partial charge in [0.2, 0.25) is 5.91 Å². The van der Waals surface area contributed by atoms with Gasteiger partial charge >= 0.3 is 6.03 Å². The highest BCUT2D eigenvalue weighted by Gasteiger charge is 2.31. The molecule has 0 saturated carbocycles. The highest BCUT2D eigenvalue weighted by atomic mass is 16.3. The smallest absolute Gasteiger partial charge is 0.319 e. The lowest BCUT2D eigenvalue weighted by atomic mass is 9.96. The second-order valence-corrected chi connectivity index (χ2v) is 6.93. The number of carbonyl (C=O) groups excluding carboxylic acids is 2. The zero-order valence-electron chi connectivity index (χ0n) is 15.4. The number of rotatable bonds is 5. The van der Waals surface area contributed by atoms with E-state index in [1.807, 2.05) is 31.2 Å². The predicted molar refractivity (Wildman–Crippen MR) is 97.1 cm³/mol. The fourth-order valence-electron chi connectivity index (χ4n) is 3.20. The van der Waals surface area contributed by atoms with Gasteiger partial charge in [-0.15, -0.1) is 0 Å². The Morgan fingerprint density at radius 3 is 2.52 bits per heavy atom. The molecule has 1 aromatic carbocycles. The molecule has 25 heavy (non-hydrogen) atoms. The van der Waals surface area contributed by atoms with Gasteiger partial charge in [-0.3, -0.25) is 4.79 Å². The summed E-state index contributed by atoms with van der Waals surface area (Å²) in [6, 6.07) is 8.01. The third kappa shape index (κ3) is 5.19. The van der Waals surface area contributed by atoms with Crippen LogP contribution in [0.3, 0.4) is 0 Å². The summed E-state index contributed by atoms with van der Waals surface area (Å²) in [6.45, 7) is 3.90. The molecule has 0 aliphatic carbocycles. The van der Waals surface area contributed by atoms with Gasteiger partial charge in [0, 0.05) is 40.3 Å². The molecule has 0 radical (unpaired) electrons. The first-order valence-corrected chi connectivity index (χ1v) is 8.83. The van der Waals surface area contributed by atoms with Crippen molar-refractivity contribution < 1.29 is 14.7 Å². The van der Waals surface area contributed by atoms with Gasteiger partial charge < -0.3 is 19.8 Å². The van der Waals surface area contributed by atoms with E-state index in [1.54, 1.807) is 28.8 Å². The van der Waals surface area contributed by atoms with Crippen molar-refractivity contribution in [2.24, 2.45) is 5.92 Å². The van der Waals surface area contributed by atoms with Crippen LogP contribution < -0.4 is 0 Å². The minimum Gasteiger partial charge on any atom is -0.395 e. The van der Waals surface area contributed by atoms with Crippen LogP contribution in [-0.2, 0) is 11.3 Å². The molecule has 3 amide bonds. The minimum atomic E-state index is -0.199. The van der Waals surface area contributed by atoms with Gasteiger partial charge in [-0.2, -0.15) is 0 Å². The predicted octanol–water partition coefficient (Wildman–Crippen LogP) is 1.71. The van der Waals surface area contributed by atoms with Crippen molar-refractivity contribution in [2.45, 2.75) is 26.3 Å². The van der Waals surface area contributed by atoms with Crippen LogP contribution in [0.1, 0.15) is 24.0 Å². The van der Waals surface area contributed by atoms with E-state index in [1.165, 1.54) is 5.56 Å². The van der Waals surface area contributed by atoms with Crippen molar-refractivity contribution in [3.63, 3.8) is 0 Å². The lowest BCUT2D eigenvalue weighted by molar-refractivity contribution is -0.138. The highest BCUT2D eigenvalue weighted by molar-refractivity contribution is 5.81. The van der Waals surface area contributed by atoms with Gasteiger partial charge in [0.1, 0.15) is 0 Å². The van der Waals surface area contributed by atoms with Gasteiger partial charge in [0.25, 0.3) is 0 Å². The SMILES string of the molecule is Cc1ccc(CN(CCO)C(=O)[C@H]2CCCN(C(=O)N(C)C)C2)cc1. The van der Waals surface area contributed by atoms with E-state index in [0.29, 0.717) is 26.2 Å². The fraction of sp³-hybridized carbons (Fsp3) is 0.579. The molecular weight excluding hydrogens is 318 g/mol. The number of urea groups is 1. The summed E-state index contributed by atoms with van der Waals surface area (Å²) in [4.78, 5) is 30.1. The molecule has 0 spiro atoms. The molecule has 1 N–H and O–H groups in total. The van der Waals surface area contributed by atoms with Crippen molar-refractivity contribution in [1.82, 2.24) is 14.7 Å². The standard InChI is InChI=1S/C19H29N3O3/c1-15-6-8-16(9-7-15)13-21(11-12-23)18(24)17-5-4-10-22(14-17)19(25)20(2)3/h6-9,17,23H,4-5,10-14H2,1-3H3/t17-/m0/s1. The van der Waals surface area contributed by atoms with Gasteiger partial charge in [0.15, 0.2) is 0 Å². The molecule has 1 aliphatic heterocycles. The Balaban J connectivity index is 2.05. The first-order valence-electron chi connectivity index (χ1n) is 8.83. The van der Waals surface area contributed by atoms with Crippen LogP contribution in [0.2, 0.25) is 0 Å². The summed E-state index contributed by atoms with van der Waals surface area (Å²) in [5, 5.41) is 9.35. The molecule has 6 nitrogen and oxygen atoms in total. The van der Waals surface area contributed by atoms with E-state index in [2.05, 4.69) is 0 Å². The Morgan fingerprint density at radius 2 is 1.92 bits per heavy atom. The number of piperidine rings is 1. The highest BCUT2D eigenvalue weighted by Crippen LogP contribution is 2.21. The molecule has 138 valence electrons. The normalized spacial score (nSPS) is 17.3. The van der Waals surface area contributed by atoms with E-state index in [4.69, 9.17) is 0 Å². The first kappa shape index (κ1) is 19.2. The Hall–Kier alpha value is -2.08. The zero-order valence-corrected chi connectivity index (χ0v) is 15.4. The summed E-state index contributed by atoms with van der Waals surface area (Å²) >= 11 is 0. The molecule has 0 bridgehead atoms. The maximum atomic E-state index is 13.0. The summed E-state index contributed by atoms with van der Waals surface area (Å²) in [7, 11) is 3.45. The number of hydrogen-bond acceptors (Lipinski definition) is 3. The Morgan fingerprint density at radius 1 is 1.24 bits per heavy atom. The third-order valence-corrected chi connectivity index (χ3v) is 4.60. The van der Waals surface area contributed by atoms with Crippen LogP contribution in [0.5, 0.6) is 0 Å². The number of hydrogen-bond donors (Lipinski definition) is 1. The number of aliphatic hydroxyl groups excluding tert-OH is 1. The van der Waals surface area contributed by atoms with Crippen molar-refractivity contribution in [3.8, 4) is 0 Å². The van der Waals surface area contributed by atoms with E-state index < -0.39 is 0 Å². The second-order valence-electron chi connectivity index (χ2n) is 6.93. The molecule has 0 unspecified atom stereocenters. The zero-order chi connectivity index (χ0) is 18.4. The topological polar surface area (TPSA) is 64.1 Å². The number of amides is 3. The molecule has 1 atom stereocenters. The molecule has 1 fully saturated rings. The molecule has 1 aromatic rings. The molecule has 6 heteroatoms. The average molecular weight is 347 g/mol. The van der Waals surface area contributed by atoms with Crippen molar-refractivity contribution in [3.05, 3.63) is 35.4 Å². The number of nitrogens with zero attached hydrogens (tertiary/aromatic N) is 3. The molecule has 2 rings (SSSR count). The monoisotopic (exact) mass is 347 g/mol. The quantitative estimate of drug-likeness (QED) is 0.882. The Bertz CT molecular complexity index is 586. The van der Waals surface area contributed by atoms with Gasteiger partial charge in [-0.05, 0) is 25.3 Å². The maximum Gasteiger partial charge on any atom is 0.319 e. The number of carbonyl (C=O) groups is 2. The van der Waals surface area contributed by atoms with Crippen molar-refractivity contribution >= 4 is 11.9 Å². The number of likely N-dealkylation sites (tertiary alicyclic amines) is 1. The summed E-state index contributed by atoms with van der Waals surface area (Å²) in [6.07, 6.45) is 1.61. The lowest BCUT2D eigenvalue weighted by Gasteiger charge is -2.36. The second kappa shape index (κ2) is 8.85. The van der Waals surface area contributed by atoms with Gasteiger partial charge in [-0.25, -0.2) is 4.79 Å².